The van der Waals surface area contributed by atoms with Gasteiger partial charge in [0.25, 0.3) is 0 Å². The van der Waals surface area contributed by atoms with Crippen LogP contribution in [0.2, 0.25) is 0 Å². The van der Waals surface area contributed by atoms with Gasteiger partial charge in [0.15, 0.2) is 0 Å². The molecule has 8 aromatic rings. The molecule has 0 bridgehead atoms. The van der Waals surface area contributed by atoms with E-state index in [4.69, 9.17) is 0 Å². The van der Waals surface area contributed by atoms with Crippen LogP contribution in [-0.2, 0) is 5.41 Å². The summed E-state index contributed by atoms with van der Waals surface area (Å²) >= 11 is 1.89. The van der Waals surface area contributed by atoms with Crippen LogP contribution in [0.15, 0.2) is 168 Å². The fourth-order valence-electron chi connectivity index (χ4n) is 8.93. The van der Waals surface area contributed by atoms with Crippen molar-refractivity contribution in [1.82, 2.24) is 0 Å². The summed E-state index contributed by atoms with van der Waals surface area (Å²) in [6, 6.07) is 59.5. The summed E-state index contributed by atoms with van der Waals surface area (Å²) in [5.74, 6) is 0. The van der Waals surface area contributed by atoms with Crippen LogP contribution in [0.3, 0.4) is 0 Å². The molecule has 1 unspecified atom stereocenters. The number of hydrogen-bond acceptors (Lipinski definition) is 1. The monoisotopic (exact) mass is 598 g/mol. The van der Waals surface area contributed by atoms with Crippen molar-refractivity contribution in [3.8, 4) is 44.5 Å². The van der Waals surface area contributed by atoms with Gasteiger partial charge < -0.3 is 0 Å². The Morgan fingerprint density at radius 2 is 0.957 bits per heavy atom. The molecular weight excluding hydrogens is 573 g/mol. The molecule has 1 aliphatic heterocycles. The van der Waals surface area contributed by atoms with E-state index in [2.05, 4.69) is 158 Å². The van der Waals surface area contributed by atoms with Gasteiger partial charge in [-0.3, -0.25) is 0 Å². The summed E-state index contributed by atoms with van der Waals surface area (Å²) in [5, 5.41) is 5.36. The van der Waals surface area contributed by atoms with Crippen molar-refractivity contribution in [2.24, 2.45) is 0 Å². The quantitative estimate of drug-likeness (QED) is 0.181. The van der Waals surface area contributed by atoms with Crippen LogP contribution in [0, 0.1) is 0 Å². The molecule has 1 spiro atoms. The third-order valence-electron chi connectivity index (χ3n) is 10.7. The standard InChI is InChI=1S/C45H26S/c1-4-18-37-30(12-1)34-15-7-10-27-11-8-20-40(43(27)34)45(37)38-19-5-2-13-31(38)36-26-28(22-24-39(36)45)29-23-25-42-44-33(29)16-9-17-35(44)32-14-3-6-21-41(32)46-42/h1-26H. The maximum Gasteiger partial charge on any atom is 0.0725 e. The van der Waals surface area contributed by atoms with E-state index in [0.717, 1.165) is 0 Å². The molecule has 2 aliphatic carbocycles. The Hall–Kier alpha value is -5.37. The molecule has 8 aromatic carbocycles. The first-order valence-electron chi connectivity index (χ1n) is 16.0. The van der Waals surface area contributed by atoms with Crippen molar-refractivity contribution < 1.29 is 0 Å². The summed E-state index contributed by atoms with van der Waals surface area (Å²) in [7, 11) is 0. The molecule has 0 fully saturated rings. The molecule has 0 nitrogen and oxygen atoms in total. The van der Waals surface area contributed by atoms with Crippen LogP contribution in [0.1, 0.15) is 22.3 Å². The summed E-state index contributed by atoms with van der Waals surface area (Å²) < 4.78 is 0. The number of benzene rings is 8. The van der Waals surface area contributed by atoms with Crippen molar-refractivity contribution in [2.75, 3.05) is 0 Å². The Kier molecular flexibility index (Phi) is 4.80. The minimum absolute atomic E-state index is 0.380. The van der Waals surface area contributed by atoms with Crippen molar-refractivity contribution >= 4 is 33.3 Å². The lowest BCUT2D eigenvalue weighted by molar-refractivity contribution is 0.773. The first-order valence-corrected chi connectivity index (χ1v) is 16.8. The van der Waals surface area contributed by atoms with Gasteiger partial charge in [-0.15, -0.1) is 0 Å². The lowest BCUT2D eigenvalue weighted by Crippen LogP contribution is -2.31. The summed E-state index contributed by atoms with van der Waals surface area (Å²) in [4.78, 5) is 2.67. The second-order valence-electron chi connectivity index (χ2n) is 12.7. The lowest BCUT2D eigenvalue weighted by Gasteiger charge is -2.40. The van der Waals surface area contributed by atoms with Crippen LogP contribution >= 0.6 is 11.8 Å². The maximum atomic E-state index is 2.47. The molecule has 0 N–H and O–H groups in total. The van der Waals surface area contributed by atoms with E-state index in [1.54, 1.807) is 0 Å². The van der Waals surface area contributed by atoms with Crippen LogP contribution in [0.5, 0.6) is 0 Å². The Morgan fingerprint density at radius 1 is 0.348 bits per heavy atom. The van der Waals surface area contributed by atoms with Gasteiger partial charge in [-0.2, -0.15) is 0 Å². The van der Waals surface area contributed by atoms with Crippen LogP contribution in [0.25, 0.3) is 66.1 Å². The molecule has 0 amide bonds. The van der Waals surface area contributed by atoms with Gasteiger partial charge in [0.2, 0.25) is 0 Å². The zero-order chi connectivity index (χ0) is 30.0. The Morgan fingerprint density at radius 3 is 1.78 bits per heavy atom. The second kappa shape index (κ2) is 8.88. The van der Waals surface area contributed by atoms with E-state index in [1.807, 2.05) is 11.8 Å². The fourth-order valence-corrected chi connectivity index (χ4v) is 10.1. The van der Waals surface area contributed by atoms with Gasteiger partial charge in [-0.05, 0) is 101 Å². The molecule has 0 aromatic heterocycles. The predicted molar refractivity (Wildman–Crippen MR) is 193 cm³/mol. The zero-order valence-corrected chi connectivity index (χ0v) is 25.7. The number of rotatable bonds is 1. The average Bonchev–Trinajstić information content (AvgIpc) is 3.41. The third-order valence-corrected chi connectivity index (χ3v) is 11.8. The second-order valence-corrected chi connectivity index (χ2v) is 13.8. The highest BCUT2D eigenvalue weighted by atomic mass is 32.2. The summed E-state index contributed by atoms with van der Waals surface area (Å²) in [6.07, 6.45) is 0. The van der Waals surface area contributed by atoms with Gasteiger partial charge in [0.1, 0.15) is 0 Å². The maximum absolute atomic E-state index is 2.47. The molecule has 0 radical (unpaired) electrons. The highest BCUT2D eigenvalue weighted by Gasteiger charge is 2.50. The van der Waals surface area contributed by atoms with Crippen molar-refractivity contribution in [2.45, 2.75) is 15.2 Å². The molecular formula is C45H26S. The molecule has 3 aliphatic rings. The Bertz CT molecular complexity index is 2620. The molecule has 1 heteroatoms. The van der Waals surface area contributed by atoms with E-state index < -0.39 is 0 Å². The zero-order valence-electron chi connectivity index (χ0n) is 24.9. The van der Waals surface area contributed by atoms with Gasteiger partial charge in [-0.25, -0.2) is 0 Å². The van der Waals surface area contributed by atoms with Crippen LogP contribution in [0.4, 0.5) is 0 Å². The molecule has 1 heterocycles. The first-order chi connectivity index (χ1) is 22.8. The Labute approximate surface area is 272 Å². The highest BCUT2D eigenvalue weighted by Crippen LogP contribution is 2.62. The Balaban J connectivity index is 1.21. The minimum Gasteiger partial charge on any atom is -0.0888 e. The summed E-state index contributed by atoms with van der Waals surface area (Å²) in [5.41, 5.74) is 15.7. The molecule has 212 valence electrons. The molecule has 1 atom stereocenters. The first kappa shape index (κ1) is 24.9. The minimum atomic E-state index is -0.380. The molecule has 0 saturated heterocycles. The van der Waals surface area contributed by atoms with Gasteiger partial charge in [0, 0.05) is 15.2 Å². The van der Waals surface area contributed by atoms with E-state index in [0.29, 0.717) is 0 Å². The normalized spacial score (nSPS) is 16.3. The third kappa shape index (κ3) is 2.97. The lowest BCUT2D eigenvalue weighted by atomic mass is 9.61. The van der Waals surface area contributed by atoms with Gasteiger partial charge >= 0.3 is 0 Å². The SMILES string of the molecule is c1ccc2c(c1)Sc1ccc(-c3ccc4c(c3)-c3ccccc3C43c4ccccc4-c4cccc5cccc3c45)c3cccc-2c13. The van der Waals surface area contributed by atoms with E-state index in [-0.39, 0.29) is 5.41 Å². The molecule has 11 rings (SSSR count). The molecule has 0 saturated carbocycles. The van der Waals surface area contributed by atoms with Crippen molar-refractivity contribution in [3.05, 3.63) is 180 Å². The van der Waals surface area contributed by atoms with E-state index in [1.165, 1.54) is 98.1 Å². The van der Waals surface area contributed by atoms with Gasteiger partial charge in [-0.1, -0.05) is 151 Å². The van der Waals surface area contributed by atoms with Crippen molar-refractivity contribution in [1.29, 1.82) is 0 Å². The van der Waals surface area contributed by atoms with E-state index in [9.17, 15) is 0 Å². The highest BCUT2D eigenvalue weighted by molar-refractivity contribution is 7.99. The molecule has 46 heavy (non-hydrogen) atoms. The van der Waals surface area contributed by atoms with E-state index >= 15 is 0 Å². The smallest absolute Gasteiger partial charge is 0.0725 e. The largest absolute Gasteiger partial charge is 0.0888 e. The topological polar surface area (TPSA) is 0 Å². The van der Waals surface area contributed by atoms with Crippen LogP contribution in [-0.4, -0.2) is 0 Å². The number of hydrogen-bond donors (Lipinski definition) is 0. The summed E-state index contributed by atoms with van der Waals surface area (Å²) in [6.45, 7) is 0. The van der Waals surface area contributed by atoms with Crippen molar-refractivity contribution in [3.63, 3.8) is 0 Å². The van der Waals surface area contributed by atoms with Crippen LogP contribution < -0.4 is 0 Å². The fraction of sp³-hybridized carbons (Fsp3) is 0.0222. The van der Waals surface area contributed by atoms with Gasteiger partial charge in [0.05, 0.1) is 5.41 Å². The predicted octanol–water partition coefficient (Wildman–Crippen LogP) is 12.1. The number of fused-ring (bicyclic) bond motifs is 11. The average molecular weight is 599 g/mol.